The van der Waals surface area contributed by atoms with Gasteiger partial charge in [-0.25, -0.2) is 13.2 Å². The van der Waals surface area contributed by atoms with Crippen LogP contribution in [0.5, 0.6) is 5.75 Å². The van der Waals surface area contributed by atoms with Gasteiger partial charge in [-0.2, -0.15) is 0 Å². The standard InChI is InChI=1S/C16H12BrF3N2O3/c17-9-2-1-3-10(6-9)25-8-14(24)21-7-13(23)22-12-5-4-11(18)15(19)16(12)20/h1-6H,7-8H2,(H,21,24)(H,22,23). The fraction of sp³-hybridized carbons (Fsp3) is 0.125. The molecule has 9 heteroatoms. The molecule has 2 aromatic carbocycles. The lowest BCUT2D eigenvalue weighted by molar-refractivity contribution is -0.125. The molecule has 0 bridgehead atoms. The maximum atomic E-state index is 13.4. The van der Waals surface area contributed by atoms with Gasteiger partial charge >= 0.3 is 0 Å². The second kappa shape index (κ2) is 8.52. The minimum Gasteiger partial charge on any atom is -0.484 e. The van der Waals surface area contributed by atoms with E-state index in [1.165, 1.54) is 0 Å². The average Bonchev–Trinajstić information content (AvgIpc) is 2.59. The third-order valence-electron chi connectivity index (χ3n) is 2.92. The first-order valence-corrected chi connectivity index (χ1v) is 7.74. The number of rotatable bonds is 6. The predicted octanol–water partition coefficient (Wildman–Crippen LogP) is 3.00. The fourth-order valence-corrected chi connectivity index (χ4v) is 2.13. The van der Waals surface area contributed by atoms with Crippen LogP contribution in [0.1, 0.15) is 0 Å². The number of nitrogens with one attached hydrogen (secondary N) is 2. The van der Waals surface area contributed by atoms with Crippen molar-refractivity contribution < 1.29 is 27.5 Å². The maximum Gasteiger partial charge on any atom is 0.258 e. The van der Waals surface area contributed by atoms with Crippen LogP contribution in [0.2, 0.25) is 0 Å². The second-order valence-electron chi connectivity index (χ2n) is 4.79. The Balaban J connectivity index is 1.80. The largest absolute Gasteiger partial charge is 0.484 e. The summed E-state index contributed by atoms with van der Waals surface area (Å²) in [6.07, 6.45) is 0. The number of halogens is 4. The van der Waals surface area contributed by atoms with E-state index in [1.807, 2.05) is 5.32 Å². The molecule has 0 unspecified atom stereocenters. The summed E-state index contributed by atoms with van der Waals surface area (Å²) in [6, 6.07) is 8.38. The Hall–Kier alpha value is -2.55. The second-order valence-corrected chi connectivity index (χ2v) is 5.71. The number of amides is 2. The van der Waals surface area contributed by atoms with Crippen LogP contribution < -0.4 is 15.4 Å². The normalized spacial score (nSPS) is 10.2. The number of ether oxygens (including phenoxy) is 1. The van der Waals surface area contributed by atoms with Gasteiger partial charge in [-0.15, -0.1) is 0 Å². The van der Waals surface area contributed by atoms with E-state index in [1.54, 1.807) is 24.3 Å². The summed E-state index contributed by atoms with van der Waals surface area (Å²) in [5.74, 6) is -5.50. The minimum atomic E-state index is -1.69. The molecular formula is C16H12BrF3N2O3. The molecule has 0 fully saturated rings. The fourth-order valence-electron chi connectivity index (χ4n) is 1.75. The molecule has 0 spiro atoms. The predicted molar refractivity (Wildman–Crippen MR) is 87.6 cm³/mol. The highest BCUT2D eigenvalue weighted by molar-refractivity contribution is 9.10. The molecule has 0 saturated heterocycles. The van der Waals surface area contributed by atoms with E-state index < -0.39 is 41.5 Å². The molecule has 0 aliphatic carbocycles. The highest BCUT2D eigenvalue weighted by atomic mass is 79.9. The molecule has 2 rings (SSSR count). The number of hydrogen-bond donors (Lipinski definition) is 2. The highest BCUT2D eigenvalue weighted by Crippen LogP contribution is 2.19. The topological polar surface area (TPSA) is 67.4 Å². The summed E-state index contributed by atoms with van der Waals surface area (Å²) in [7, 11) is 0. The molecule has 0 aromatic heterocycles. The van der Waals surface area contributed by atoms with Crippen molar-refractivity contribution in [2.45, 2.75) is 0 Å². The minimum absolute atomic E-state index is 0.330. The molecule has 0 aliphatic rings. The summed E-state index contributed by atoms with van der Waals surface area (Å²) in [4.78, 5) is 23.2. The average molecular weight is 417 g/mol. The molecular weight excluding hydrogens is 405 g/mol. The third kappa shape index (κ3) is 5.49. The first-order chi connectivity index (χ1) is 11.9. The van der Waals surface area contributed by atoms with Crippen molar-refractivity contribution in [2.75, 3.05) is 18.5 Å². The van der Waals surface area contributed by atoms with Crippen molar-refractivity contribution in [3.63, 3.8) is 0 Å². The van der Waals surface area contributed by atoms with E-state index in [4.69, 9.17) is 4.74 Å². The van der Waals surface area contributed by atoms with Crippen LogP contribution in [0, 0.1) is 17.5 Å². The zero-order valence-corrected chi connectivity index (χ0v) is 14.2. The Morgan fingerprint density at radius 3 is 2.52 bits per heavy atom. The van der Waals surface area contributed by atoms with Crippen molar-refractivity contribution in [3.05, 3.63) is 58.3 Å². The maximum absolute atomic E-state index is 13.4. The van der Waals surface area contributed by atoms with Crippen molar-refractivity contribution in [1.29, 1.82) is 0 Å². The lowest BCUT2D eigenvalue weighted by Crippen LogP contribution is -2.36. The van der Waals surface area contributed by atoms with Gasteiger partial charge < -0.3 is 15.4 Å². The Labute approximate surface area is 149 Å². The quantitative estimate of drug-likeness (QED) is 0.711. The Morgan fingerprint density at radius 1 is 1.04 bits per heavy atom. The number of carbonyl (C=O) groups is 2. The van der Waals surface area contributed by atoms with Crippen molar-refractivity contribution in [3.8, 4) is 5.75 Å². The molecule has 5 nitrogen and oxygen atoms in total. The lowest BCUT2D eigenvalue weighted by Gasteiger charge is -2.09. The first kappa shape index (κ1) is 18.8. The molecule has 0 aliphatic heterocycles. The van der Waals surface area contributed by atoms with Gasteiger partial charge in [0.05, 0.1) is 12.2 Å². The van der Waals surface area contributed by atoms with E-state index in [-0.39, 0.29) is 6.61 Å². The smallest absolute Gasteiger partial charge is 0.258 e. The van der Waals surface area contributed by atoms with Gasteiger partial charge in [0, 0.05) is 4.47 Å². The Morgan fingerprint density at radius 2 is 1.80 bits per heavy atom. The molecule has 2 amide bonds. The van der Waals surface area contributed by atoms with E-state index >= 15 is 0 Å². The van der Waals surface area contributed by atoms with Gasteiger partial charge in [-0.3, -0.25) is 9.59 Å². The van der Waals surface area contributed by atoms with Crippen LogP contribution in [-0.4, -0.2) is 25.0 Å². The molecule has 0 saturated carbocycles. The summed E-state index contributed by atoms with van der Waals surface area (Å²) in [5, 5.41) is 4.29. The number of hydrogen-bond acceptors (Lipinski definition) is 3. The highest BCUT2D eigenvalue weighted by Gasteiger charge is 2.15. The number of carbonyl (C=O) groups excluding carboxylic acids is 2. The van der Waals surface area contributed by atoms with Crippen molar-refractivity contribution in [1.82, 2.24) is 5.32 Å². The molecule has 0 radical (unpaired) electrons. The van der Waals surface area contributed by atoms with E-state index in [2.05, 4.69) is 21.2 Å². The molecule has 2 N–H and O–H groups in total. The van der Waals surface area contributed by atoms with Crippen LogP contribution in [0.4, 0.5) is 18.9 Å². The van der Waals surface area contributed by atoms with Crippen LogP contribution in [0.15, 0.2) is 40.9 Å². The number of anilines is 1. The molecule has 25 heavy (non-hydrogen) atoms. The van der Waals surface area contributed by atoms with Gasteiger partial charge in [0.2, 0.25) is 5.91 Å². The van der Waals surface area contributed by atoms with E-state index in [9.17, 15) is 22.8 Å². The van der Waals surface area contributed by atoms with Crippen LogP contribution in [0.3, 0.4) is 0 Å². The summed E-state index contributed by atoms with van der Waals surface area (Å²) >= 11 is 3.25. The molecule has 2 aromatic rings. The van der Waals surface area contributed by atoms with Gasteiger partial charge in [-0.1, -0.05) is 22.0 Å². The van der Waals surface area contributed by atoms with Gasteiger partial charge in [0.15, 0.2) is 24.1 Å². The van der Waals surface area contributed by atoms with Crippen LogP contribution in [0.25, 0.3) is 0 Å². The summed E-state index contributed by atoms with van der Waals surface area (Å²) < 4.78 is 45.3. The van der Waals surface area contributed by atoms with E-state index in [0.29, 0.717) is 11.8 Å². The molecule has 0 atom stereocenters. The van der Waals surface area contributed by atoms with Gasteiger partial charge in [0.1, 0.15) is 5.75 Å². The first-order valence-electron chi connectivity index (χ1n) is 6.95. The van der Waals surface area contributed by atoms with E-state index in [0.717, 1.165) is 10.5 Å². The third-order valence-corrected chi connectivity index (χ3v) is 3.41. The van der Waals surface area contributed by atoms with Crippen molar-refractivity contribution in [2.24, 2.45) is 0 Å². The zero-order chi connectivity index (χ0) is 18.4. The molecule has 132 valence electrons. The number of benzene rings is 2. The van der Waals surface area contributed by atoms with Crippen LogP contribution >= 0.6 is 15.9 Å². The van der Waals surface area contributed by atoms with Gasteiger partial charge in [0.25, 0.3) is 5.91 Å². The molecule has 0 heterocycles. The summed E-state index contributed by atoms with van der Waals surface area (Å²) in [5.41, 5.74) is -0.525. The van der Waals surface area contributed by atoms with Gasteiger partial charge in [-0.05, 0) is 30.3 Å². The van der Waals surface area contributed by atoms with Crippen molar-refractivity contribution >= 4 is 33.4 Å². The Bertz CT molecular complexity index is 802. The lowest BCUT2D eigenvalue weighted by atomic mass is 10.2. The SMILES string of the molecule is O=C(COc1cccc(Br)c1)NCC(=O)Nc1ccc(F)c(F)c1F. The monoisotopic (exact) mass is 416 g/mol. The summed E-state index contributed by atoms with van der Waals surface area (Å²) in [6.45, 7) is -0.817. The zero-order valence-electron chi connectivity index (χ0n) is 12.6. The Kier molecular flexibility index (Phi) is 6.40. The van der Waals surface area contributed by atoms with Crippen LogP contribution in [-0.2, 0) is 9.59 Å².